The number of ether oxygens (including phenoxy) is 2. The molecule has 10 aromatic carbocycles. The minimum absolute atomic E-state index is 0.708. The smallest absolute Gasteiger partial charge is 0.194 e. The van der Waals surface area contributed by atoms with Crippen molar-refractivity contribution in [1.29, 1.82) is 0 Å². The molecule has 0 saturated carbocycles. The van der Waals surface area contributed by atoms with Crippen molar-refractivity contribution in [2.45, 2.75) is 0 Å². The van der Waals surface area contributed by atoms with Crippen LogP contribution in [0.1, 0.15) is 0 Å². The van der Waals surface area contributed by atoms with Crippen molar-refractivity contribution in [3.8, 4) is 50.9 Å². The summed E-state index contributed by atoms with van der Waals surface area (Å²) < 4.78 is 15.2. The number of fused-ring (bicyclic) bond motifs is 9. The third-order valence-electron chi connectivity index (χ3n) is 11.8. The lowest BCUT2D eigenvalue weighted by Gasteiger charge is -2.28. The monoisotopic (exact) mass is 768 g/mol. The van der Waals surface area contributed by atoms with Crippen LogP contribution in [-0.2, 0) is 0 Å². The van der Waals surface area contributed by atoms with E-state index in [4.69, 9.17) is 9.47 Å². The van der Waals surface area contributed by atoms with Crippen LogP contribution < -0.4 is 14.4 Å². The molecule has 12 rings (SSSR count). The van der Waals surface area contributed by atoms with Crippen molar-refractivity contribution in [1.82, 2.24) is 4.57 Å². The fourth-order valence-corrected chi connectivity index (χ4v) is 8.99. The van der Waals surface area contributed by atoms with Gasteiger partial charge in [0, 0.05) is 33.2 Å². The van der Waals surface area contributed by atoms with Crippen LogP contribution in [0.25, 0.3) is 71.3 Å². The zero-order valence-electron chi connectivity index (χ0n) is 32.5. The molecule has 11 aromatic rings. The molecule has 282 valence electrons. The summed E-state index contributed by atoms with van der Waals surface area (Å²) in [6.45, 7) is 0. The lowest BCUT2D eigenvalue weighted by molar-refractivity contribution is 0.362. The van der Waals surface area contributed by atoms with Gasteiger partial charge in [0.25, 0.3) is 0 Å². The van der Waals surface area contributed by atoms with Gasteiger partial charge >= 0.3 is 0 Å². The molecule has 0 unspecified atom stereocenters. The quantitative estimate of drug-likeness (QED) is 0.158. The van der Waals surface area contributed by atoms with Gasteiger partial charge in [-0.2, -0.15) is 0 Å². The van der Waals surface area contributed by atoms with Crippen LogP contribution >= 0.6 is 0 Å². The van der Waals surface area contributed by atoms with Gasteiger partial charge in [0.05, 0.1) is 11.2 Å². The molecule has 2 heterocycles. The van der Waals surface area contributed by atoms with Crippen molar-refractivity contribution in [2.24, 2.45) is 0 Å². The van der Waals surface area contributed by atoms with Crippen LogP contribution in [-0.4, -0.2) is 4.57 Å². The number of rotatable bonds is 6. The first-order chi connectivity index (χ1) is 29.7. The van der Waals surface area contributed by atoms with Crippen molar-refractivity contribution in [2.75, 3.05) is 4.90 Å². The Morgan fingerprint density at radius 1 is 0.350 bits per heavy atom. The molecule has 1 aliphatic heterocycles. The summed E-state index contributed by atoms with van der Waals surface area (Å²) in [7, 11) is 0. The molecule has 0 spiro atoms. The minimum Gasteiger partial charge on any atom is -0.449 e. The fourth-order valence-electron chi connectivity index (χ4n) is 8.99. The Kier molecular flexibility index (Phi) is 7.82. The maximum Gasteiger partial charge on any atom is 0.194 e. The van der Waals surface area contributed by atoms with Gasteiger partial charge in [-0.05, 0) is 111 Å². The highest BCUT2D eigenvalue weighted by molar-refractivity contribution is 6.15. The van der Waals surface area contributed by atoms with Crippen molar-refractivity contribution >= 4 is 60.4 Å². The number of anilines is 3. The Labute approximate surface area is 347 Å². The lowest BCUT2D eigenvalue weighted by Crippen LogP contribution is -2.10. The second-order valence-electron chi connectivity index (χ2n) is 15.3. The molecule has 1 aromatic heterocycles. The highest BCUT2D eigenvalue weighted by atomic mass is 16.6. The highest BCUT2D eigenvalue weighted by Gasteiger charge is 2.25. The third-order valence-corrected chi connectivity index (χ3v) is 11.8. The Bertz CT molecular complexity index is 3410. The summed E-state index contributed by atoms with van der Waals surface area (Å²) in [6.07, 6.45) is 0. The SMILES string of the molecule is c1ccc(-c2ccc(N(c3ccc(-c4ccc(-n5c6ccccc6c6ccc7c(c65)Oc5ccccc5O7)cc4)cc3)c3cc4ccccc4c4ccccc34)cc2)cc1. The predicted octanol–water partition coefficient (Wildman–Crippen LogP) is 15.8. The average molecular weight is 769 g/mol. The maximum absolute atomic E-state index is 6.59. The van der Waals surface area contributed by atoms with E-state index in [-0.39, 0.29) is 0 Å². The van der Waals surface area contributed by atoms with Gasteiger partial charge in [-0.15, -0.1) is 0 Å². The first-order valence-electron chi connectivity index (χ1n) is 20.3. The van der Waals surface area contributed by atoms with E-state index in [2.05, 4.69) is 198 Å². The van der Waals surface area contributed by atoms with Gasteiger partial charge in [-0.3, -0.25) is 0 Å². The molecule has 60 heavy (non-hydrogen) atoms. The largest absolute Gasteiger partial charge is 0.449 e. The van der Waals surface area contributed by atoms with Crippen molar-refractivity contribution in [3.05, 3.63) is 218 Å². The van der Waals surface area contributed by atoms with E-state index in [9.17, 15) is 0 Å². The molecule has 0 bridgehead atoms. The maximum atomic E-state index is 6.59. The Morgan fingerprint density at radius 2 is 0.883 bits per heavy atom. The predicted molar refractivity (Wildman–Crippen MR) is 248 cm³/mol. The number of para-hydroxylation sites is 3. The number of aromatic nitrogens is 1. The van der Waals surface area contributed by atoms with E-state index < -0.39 is 0 Å². The lowest BCUT2D eigenvalue weighted by atomic mass is 9.98. The number of benzene rings is 10. The van der Waals surface area contributed by atoms with Crippen LogP contribution in [0.2, 0.25) is 0 Å². The molecule has 4 heteroatoms. The fraction of sp³-hybridized carbons (Fsp3) is 0. The van der Waals surface area contributed by atoms with Gasteiger partial charge in [0.15, 0.2) is 23.0 Å². The molecular formula is C56H36N2O2. The number of hydrogen-bond acceptors (Lipinski definition) is 3. The van der Waals surface area contributed by atoms with Crippen molar-refractivity contribution < 1.29 is 9.47 Å². The molecule has 0 radical (unpaired) electrons. The number of nitrogens with zero attached hydrogens (tertiary/aromatic N) is 2. The van der Waals surface area contributed by atoms with Gasteiger partial charge in [0.2, 0.25) is 0 Å². The van der Waals surface area contributed by atoms with Gasteiger partial charge < -0.3 is 18.9 Å². The molecule has 0 fully saturated rings. The van der Waals surface area contributed by atoms with Crippen LogP contribution in [0.4, 0.5) is 17.1 Å². The first-order valence-corrected chi connectivity index (χ1v) is 20.3. The summed E-state index contributed by atoms with van der Waals surface area (Å²) in [5.74, 6) is 2.86. The van der Waals surface area contributed by atoms with Crippen LogP contribution in [0, 0.1) is 0 Å². The molecular weight excluding hydrogens is 733 g/mol. The molecule has 0 aliphatic carbocycles. The van der Waals surface area contributed by atoms with Crippen molar-refractivity contribution in [3.63, 3.8) is 0 Å². The molecule has 0 amide bonds. The molecule has 0 atom stereocenters. The molecule has 1 aliphatic rings. The Balaban J connectivity index is 0.944. The van der Waals surface area contributed by atoms with Crippen LogP contribution in [0.3, 0.4) is 0 Å². The second kappa shape index (κ2) is 13.8. The van der Waals surface area contributed by atoms with E-state index in [1.807, 2.05) is 30.3 Å². The van der Waals surface area contributed by atoms with E-state index >= 15 is 0 Å². The van der Waals surface area contributed by atoms with E-state index in [0.717, 1.165) is 67.2 Å². The zero-order chi connectivity index (χ0) is 39.6. The normalized spacial score (nSPS) is 11.9. The topological polar surface area (TPSA) is 26.6 Å². The van der Waals surface area contributed by atoms with Gasteiger partial charge in [0.1, 0.15) is 5.52 Å². The third kappa shape index (κ3) is 5.53. The van der Waals surface area contributed by atoms with Crippen LogP contribution in [0.15, 0.2) is 218 Å². The van der Waals surface area contributed by atoms with Crippen LogP contribution in [0.5, 0.6) is 23.0 Å². The van der Waals surface area contributed by atoms with Gasteiger partial charge in [-0.1, -0.05) is 146 Å². The Morgan fingerprint density at radius 3 is 1.58 bits per heavy atom. The summed E-state index contributed by atoms with van der Waals surface area (Å²) in [5.41, 5.74) is 11.1. The minimum atomic E-state index is 0.708. The standard InChI is InChI=1S/C56H36N2O2/c1-2-12-37(13-3-1)38-22-28-42(29-23-38)57(51-36-41-14-4-5-15-45(41)46-16-6-7-17-47(46)51)43-30-24-39(25-31-43)40-26-32-44(33-27-40)58-50-19-9-8-18-48(50)49-34-35-54-56(55(49)58)60-53-21-11-10-20-52(53)59-54/h1-36H. The molecule has 0 saturated heterocycles. The zero-order valence-corrected chi connectivity index (χ0v) is 32.5. The molecule has 4 nitrogen and oxygen atoms in total. The molecule has 0 N–H and O–H groups in total. The highest BCUT2D eigenvalue weighted by Crippen LogP contribution is 2.51. The number of hydrogen-bond donors (Lipinski definition) is 0. The Hall–Kier alpha value is -8.08. The van der Waals surface area contributed by atoms with E-state index in [0.29, 0.717) is 11.5 Å². The summed E-state index contributed by atoms with van der Waals surface area (Å²) in [4.78, 5) is 2.39. The average Bonchev–Trinajstić information content (AvgIpc) is 3.67. The van der Waals surface area contributed by atoms with E-state index in [1.165, 1.54) is 32.7 Å². The van der Waals surface area contributed by atoms with E-state index in [1.54, 1.807) is 0 Å². The summed E-state index contributed by atoms with van der Waals surface area (Å²) in [6, 6.07) is 77.5. The summed E-state index contributed by atoms with van der Waals surface area (Å²) in [5, 5.41) is 7.18. The first kappa shape index (κ1) is 34.0. The second-order valence-corrected chi connectivity index (χ2v) is 15.3. The summed E-state index contributed by atoms with van der Waals surface area (Å²) >= 11 is 0. The van der Waals surface area contributed by atoms with Gasteiger partial charge in [-0.25, -0.2) is 0 Å².